The van der Waals surface area contributed by atoms with Crippen molar-refractivity contribution in [1.82, 2.24) is 0 Å². The van der Waals surface area contributed by atoms with E-state index in [2.05, 4.69) is 0 Å². The van der Waals surface area contributed by atoms with Crippen LogP contribution in [0, 0.1) is 0 Å². The summed E-state index contributed by atoms with van der Waals surface area (Å²) in [6.07, 6.45) is 0. The fraction of sp³-hybridized carbons (Fsp3) is 0. The van der Waals surface area contributed by atoms with Crippen LogP contribution < -0.4 is 0 Å². The zero-order valence-electron chi connectivity index (χ0n) is 1.80. The zero-order valence-corrected chi connectivity index (χ0v) is 13.0. The molecule has 0 aliphatic carbocycles. The van der Waals surface area contributed by atoms with Crippen molar-refractivity contribution in [1.29, 1.82) is 0 Å². The van der Waals surface area contributed by atoms with E-state index < -0.39 is 0 Å². The van der Waals surface area contributed by atoms with Gasteiger partial charge in [0.2, 0.25) is 0 Å². The van der Waals surface area contributed by atoms with E-state index in [1.807, 2.05) is 0 Å². The summed E-state index contributed by atoms with van der Waals surface area (Å²) >= 11 is 0. The van der Waals surface area contributed by atoms with E-state index in [1.165, 1.54) is 0 Å². The van der Waals surface area contributed by atoms with Crippen LogP contribution >= 0.6 is 0 Å². The fourth-order valence-electron chi connectivity index (χ4n) is 0. The van der Waals surface area contributed by atoms with E-state index >= 15 is 0 Å². The van der Waals surface area contributed by atoms with Crippen molar-refractivity contribution < 1.29 is 65.8 Å². The Morgan fingerprint density at radius 3 is 1.00 bits per heavy atom. The fourth-order valence-corrected chi connectivity index (χ4v) is 0. The molecule has 0 aromatic heterocycles. The van der Waals surface area contributed by atoms with Gasteiger partial charge >= 0.3 is 0 Å². The van der Waals surface area contributed by atoms with E-state index in [0.717, 1.165) is 0 Å². The van der Waals surface area contributed by atoms with Crippen LogP contribution in [0.5, 0.6) is 0 Å². The van der Waals surface area contributed by atoms with Gasteiger partial charge in [0.15, 0.2) is 0 Å². The van der Waals surface area contributed by atoms with Gasteiger partial charge in [-0.05, 0) is 0 Å². The Hall–Kier alpha value is 2.97. The zero-order chi connectivity index (χ0) is 0. The second kappa shape index (κ2) is 16.7. The average molecular weight is 576 g/mol. The molecule has 0 saturated heterocycles. The van der Waals surface area contributed by atoms with Gasteiger partial charge in [-0.25, -0.2) is 0 Å². The maximum absolute atomic E-state index is 0. The third-order valence-electron chi connectivity index (χ3n) is 0. The number of rotatable bonds is 0. The Bertz CT molecular complexity index is 8.00. The summed E-state index contributed by atoms with van der Waals surface area (Å²) in [5.41, 5.74) is 0. The van der Waals surface area contributed by atoms with Gasteiger partial charge in [0.05, 0.1) is 0 Å². The second-order valence-corrected chi connectivity index (χ2v) is 0. The van der Waals surface area contributed by atoms with E-state index in [9.17, 15) is 0 Å². The monoisotopic (exact) mass is 578 g/mol. The molecule has 0 aromatic carbocycles. The van der Waals surface area contributed by atoms with E-state index in [4.69, 9.17) is 0 Å². The van der Waals surface area contributed by atoms with Gasteiger partial charge in [-0.1, -0.05) is 0 Å². The molecule has 20 valence electrons. The van der Waals surface area contributed by atoms with Crippen LogP contribution in [0.4, 0.5) is 0 Å². The molecule has 0 bridgehead atoms. The summed E-state index contributed by atoms with van der Waals surface area (Å²) in [6.45, 7) is 0. The number of hydrogen-bond donors (Lipinski definition) is 0. The minimum absolute atomic E-state index is 0. The molecule has 4 heteroatoms. The molecule has 0 saturated carbocycles. The van der Waals surface area contributed by atoms with Gasteiger partial charge in [0, 0.05) is 89.7 Å². The quantitative estimate of drug-likeness (QED) is 0.345. The summed E-state index contributed by atoms with van der Waals surface area (Å²) in [7, 11) is 0. The first-order valence-electron chi connectivity index (χ1n) is 0. The van der Waals surface area contributed by atoms with Crippen molar-refractivity contribution in [2.24, 2.45) is 0 Å². The van der Waals surface area contributed by atoms with Crippen molar-refractivity contribution in [3.8, 4) is 0 Å². The van der Waals surface area contributed by atoms with Crippen LogP contribution in [0.1, 0.15) is 0 Å². The first kappa shape index (κ1) is 28.2. The average Bonchev–Trinajstić information content (AvgIpc) is 0. The van der Waals surface area contributed by atoms with Crippen LogP contribution in [-0.2, 0) is 65.8 Å². The third-order valence-corrected chi connectivity index (χ3v) is 0. The van der Waals surface area contributed by atoms with Crippen LogP contribution in [0.2, 0.25) is 0 Å². The smallest absolute Gasteiger partial charge is 0 e. The Morgan fingerprint density at radius 2 is 1.00 bits per heavy atom. The topological polar surface area (TPSA) is 0 Å². The predicted molar refractivity (Wildman–Crippen MR) is 5.75 cm³/mol. The minimum Gasteiger partial charge on any atom is 0 e. The van der Waals surface area contributed by atoms with Gasteiger partial charge < -0.3 is 0 Å². The number of hydrogen-bond acceptors (Lipinski definition) is 0. The normalized spacial score (nSPS) is 0. The summed E-state index contributed by atoms with van der Waals surface area (Å²) in [5.74, 6) is 0. The molecule has 0 fully saturated rings. The van der Waals surface area contributed by atoms with Gasteiger partial charge in [-0.3, -0.25) is 0 Å². The molecule has 0 nitrogen and oxygen atoms in total. The molecular weight excluding hydrogens is 576 g/mol. The molecule has 0 rings (SSSR count). The maximum atomic E-state index is 0. The standard InChI is InChI=1S/Nb.Sn.Ta.W. The van der Waals surface area contributed by atoms with E-state index in [0.29, 0.717) is 0 Å². The van der Waals surface area contributed by atoms with Crippen molar-refractivity contribution in [3.05, 3.63) is 0 Å². The molecule has 0 N–H and O–H groups in total. The molecule has 6 radical (unpaired) electrons. The largest absolute Gasteiger partial charge is 0 e. The van der Waals surface area contributed by atoms with Crippen LogP contribution in [0.3, 0.4) is 0 Å². The molecule has 0 aliphatic rings. The molecule has 0 unspecified atom stereocenters. The van der Waals surface area contributed by atoms with Crippen molar-refractivity contribution in [2.45, 2.75) is 0 Å². The molecule has 0 spiro atoms. The van der Waals surface area contributed by atoms with Gasteiger partial charge in [-0.15, -0.1) is 0 Å². The maximum Gasteiger partial charge on any atom is 0 e. The summed E-state index contributed by atoms with van der Waals surface area (Å²) in [4.78, 5) is 0. The SMILES string of the molecule is [Nb].[Sn].[Ta].[W]. The molecular formula is NbSnTaW. The summed E-state index contributed by atoms with van der Waals surface area (Å²) in [5, 5.41) is 0. The Morgan fingerprint density at radius 1 is 1.00 bits per heavy atom. The van der Waals surface area contributed by atoms with Crippen LogP contribution in [0.25, 0.3) is 0 Å². The minimum atomic E-state index is 0. The Labute approximate surface area is 88.1 Å². The Kier molecular flexibility index (Phi) is 118. The molecule has 0 aliphatic heterocycles. The first-order valence-corrected chi connectivity index (χ1v) is 0. The van der Waals surface area contributed by atoms with Crippen molar-refractivity contribution >= 4 is 23.9 Å². The Balaban J connectivity index is 0. The molecule has 0 heterocycles. The van der Waals surface area contributed by atoms with Crippen molar-refractivity contribution in [3.63, 3.8) is 0 Å². The van der Waals surface area contributed by atoms with Gasteiger partial charge in [0.1, 0.15) is 0 Å². The van der Waals surface area contributed by atoms with E-state index in [-0.39, 0.29) is 89.7 Å². The molecule has 0 atom stereocenters. The summed E-state index contributed by atoms with van der Waals surface area (Å²) in [6, 6.07) is 0. The van der Waals surface area contributed by atoms with Crippen molar-refractivity contribution in [2.75, 3.05) is 0 Å². The van der Waals surface area contributed by atoms with Crippen LogP contribution in [0.15, 0.2) is 0 Å². The van der Waals surface area contributed by atoms with E-state index in [1.54, 1.807) is 0 Å². The third kappa shape index (κ3) is 8.88. The molecule has 4 heavy (non-hydrogen) atoms. The summed E-state index contributed by atoms with van der Waals surface area (Å²) < 4.78 is 0. The molecule has 0 amide bonds. The predicted octanol–water partition coefficient (Wildman–Crippen LogP) is -0.388. The van der Waals surface area contributed by atoms with Crippen LogP contribution in [-0.4, -0.2) is 23.9 Å². The van der Waals surface area contributed by atoms with Gasteiger partial charge in [-0.2, -0.15) is 0 Å². The first-order chi connectivity index (χ1) is 0. The second-order valence-electron chi connectivity index (χ2n) is 0. The molecule has 0 aromatic rings. The van der Waals surface area contributed by atoms with Gasteiger partial charge in [0.25, 0.3) is 0 Å².